The van der Waals surface area contributed by atoms with Crippen LogP contribution in [0.3, 0.4) is 0 Å². The summed E-state index contributed by atoms with van der Waals surface area (Å²) in [6.45, 7) is 8.19. The molecule has 0 aliphatic heterocycles. The van der Waals surface area contributed by atoms with Crippen molar-refractivity contribution < 1.29 is 9.59 Å². The lowest BCUT2D eigenvalue weighted by molar-refractivity contribution is -0.120. The molecule has 6 nitrogen and oxygen atoms in total. The molecular weight excluding hydrogens is 320 g/mol. The molecule has 1 fully saturated rings. The molecule has 0 spiro atoms. The molecule has 1 saturated carbocycles. The summed E-state index contributed by atoms with van der Waals surface area (Å²) < 4.78 is 0.717. The number of hydrogen-bond acceptors (Lipinski definition) is 6. The predicted octanol–water partition coefficient (Wildman–Crippen LogP) is 2.31. The quantitative estimate of drug-likeness (QED) is 0.608. The highest BCUT2D eigenvalue weighted by Gasteiger charge is 2.34. The third-order valence-electron chi connectivity index (χ3n) is 3.18. The van der Waals surface area contributed by atoms with Gasteiger partial charge >= 0.3 is 0 Å². The van der Waals surface area contributed by atoms with E-state index in [0.717, 1.165) is 12.8 Å². The van der Waals surface area contributed by atoms with Crippen LogP contribution < -0.4 is 10.2 Å². The molecule has 1 unspecified atom stereocenters. The zero-order chi connectivity index (χ0) is 16.3. The van der Waals surface area contributed by atoms with E-state index in [-0.39, 0.29) is 23.1 Å². The summed E-state index contributed by atoms with van der Waals surface area (Å²) in [4.78, 5) is 25.4. The minimum absolute atomic E-state index is 0.000988. The number of hydrogen-bond donors (Lipinski definition) is 1. The van der Waals surface area contributed by atoms with Crippen molar-refractivity contribution in [2.45, 2.75) is 56.2 Å². The molecule has 1 aromatic rings. The molecule has 2 amide bonds. The fourth-order valence-electron chi connectivity index (χ4n) is 1.88. The second-order valence-corrected chi connectivity index (χ2v) is 8.41. The lowest BCUT2D eigenvalue weighted by Crippen LogP contribution is -2.33. The molecule has 1 N–H and O–H groups in total. The fourth-order valence-corrected chi connectivity index (χ4v) is 4.01. The standard InChI is InChI=1S/C14H22N4O2S2/c1-8(2)7-15-12(20)9(3)21-14-17-16-13(22-14)18(10(4)19)11-5-6-11/h8-9,11H,5-7H2,1-4H3,(H,15,20). The van der Waals surface area contributed by atoms with E-state index in [1.807, 2.05) is 6.92 Å². The summed E-state index contributed by atoms with van der Waals surface area (Å²) in [5.41, 5.74) is 0. The van der Waals surface area contributed by atoms with Gasteiger partial charge in [-0.3, -0.25) is 14.5 Å². The van der Waals surface area contributed by atoms with Crippen molar-refractivity contribution >= 4 is 40.0 Å². The van der Waals surface area contributed by atoms with Gasteiger partial charge in [0.2, 0.25) is 16.9 Å². The van der Waals surface area contributed by atoms with E-state index in [0.29, 0.717) is 21.9 Å². The Morgan fingerprint density at radius 2 is 2.05 bits per heavy atom. The Morgan fingerprint density at radius 3 is 2.59 bits per heavy atom. The summed E-state index contributed by atoms with van der Waals surface area (Å²) in [5.74, 6) is 0.427. The molecule has 122 valence electrons. The number of aromatic nitrogens is 2. The summed E-state index contributed by atoms with van der Waals surface area (Å²) in [7, 11) is 0. The van der Waals surface area contributed by atoms with Crippen LogP contribution in [0.15, 0.2) is 4.34 Å². The van der Waals surface area contributed by atoms with Crippen LogP contribution >= 0.6 is 23.1 Å². The van der Waals surface area contributed by atoms with E-state index in [1.54, 1.807) is 11.8 Å². The SMILES string of the molecule is CC(=O)N(c1nnc(SC(C)C(=O)NCC(C)C)s1)C1CC1. The highest BCUT2D eigenvalue weighted by atomic mass is 32.2. The van der Waals surface area contributed by atoms with Crippen LogP contribution in [0.1, 0.15) is 40.5 Å². The first kappa shape index (κ1) is 17.2. The van der Waals surface area contributed by atoms with Crippen molar-refractivity contribution in [2.75, 3.05) is 11.4 Å². The topological polar surface area (TPSA) is 75.2 Å². The van der Waals surface area contributed by atoms with Gasteiger partial charge < -0.3 is 5.32 Å². The van der Waals surface area contributed by atoms with Crippen molar-refractivity contribution in [1.29, 1.82) is 0 Å². The van der Waals surface area contributed by atoms with Crippen LogP contribution in [0.5, 0.6) is 0 Å². The second kappa shape index (κ2) is 7.41. The number of rotatable bonds is 7. The van der Waals surface area contributed by atoms with E-state index in [4.69, 9.17) is 0 Å². The van der Waals surface area contributed by atoms with Crippen molar-refractivity contribution in [3.05, 3.63) is 0 Å². The van der Waals surface area contributed by atoms with E-state index >= 15 is 0 Å². The molecule has 0 aromatic carbocycles. The molecule has 1 aliphatic carbocycles. The first-order valence-corrected chi connectivity index (χ1v) is 9.15. The number of nitrogens with zero attached hydrogens (tertiary/aromatic N) is 3. The van der Waals surface area contributed by atoms with Crippen LogP contribution in [-0.2, 0) is 9.59 Å². The molecule has 0 radical (unpaired) electrons. The maximum absolute atomic E-state index is 12.0. The largest absolute Gasteiger partial charge is 0.355 e. The lowest BCUT2D eigenvalue weighted by Gasteiger charge is -2.15. The minimum Gasteiger partial charge on any atom is -0.355 e. The zero-order valence-electron chi connectivity index (χ0n) is 13.3. The van der Waals surface area contributed by atoms with E-state index in [1.165, 1.54) is 23.1 Å². The Bertz CT molecular complexity index is 543. The maximum Gasteiger partial charge on any atom is 0.233 e. The van der Waals surface area contributed by atoms with Crippen LogP contribution in [-0.4, -0.2) is 39.8 Å². The predicted molar refractivity (Wildman–Crippen MR) is 89.3 cm³/mol. The van der Waals surface area contributed by atoms with Gasteiger partial charge in [0.1, 0.15) is 0 Å². The average Bonchev–Trinajstić information content (AvgIpc) is 3.16. The van der Waals surface area contributed by atoms with Gasteiger partial charge in [0.15, 0.2) is 4.34 Å². The van der Waals surface area contributed by atoms with E-state index < -0.39 is 0 Å². The normalized spacial score (nSPS) is 15.7. The third-order valence-corrected chi connectivity index (χ3v) is 5.29. The number of carbonyl (C=O) groups excluding carboxylic acids is 2. The number of carbonyl (C=O) groups is 2. The highest BCUT2D eigenvalue weighted by molar-refractivity contribution is 8.02. The minimum atomic E-state index is -0.230. The monoisotopic (exact) mass is 342 g/mol. The molecule has 0 saturated heterocycles. The molecule has 1 atom stereocenters. The van der Waals surface area contributed by atoms with Gasteiger partial charge in [-0.25, -0.2) is 0 Å². The molecule has 1 heterocycles. The van der Waals surface area contributed by atoms with Crippen LogP contribution in [0.25, 0.3) is 0 Å². The maximum atomic E-state index is 12.0. The van der Waals surface area contributed by atoms with E-state index in [9.17, 15) is 9.59 Å². The lowest BCUT2D eigenvalue weighted by atomic mass is 10.2. The summed E-state index contributed by atoms with van der Waals surface area (Å²) >= 11 is 2.75. The van der Waals surface area contributed by atoms with Gasteiger partial charge in [0.05, 0.1) is 5.25 Å². The fraction of sp³-hybridized carbons (Fsp3) is 0.714. The Kier molecular flexibility index (Phi) is 5.80. The van der Waals surface area contributed by atoms with Crippen LogP contribution in [0.2, 0.25) is 0 Å². The van der Waals surface area contributed by atoms with Gasteiger partial charge in [-0.2, -0.15) is 0 Å². The molecule has 22 heavy (non-hydrogen) atoms. The van der Waals surface area contributed by atoms with Crippen molar-refractivity contribution in [2.24, 2.45) is 5.92 Å². The highest BCUT2D eigenvalue weighted by Crippen LogP contribution is 2.36. The van der Waals surface area contributed by atoms with Crippen molar-refractivity contribution in [3.8, 4) is 0 Å². The zero-order valence-corrected chi connectivity index (χ0v) is 15.0. The van der Waals surface area contributed by atoms with Crippen LogP contribution in [0, 0.1) is 5.92 Å². The molecular formula is C14H22N4O2S2. The Balaban J connectivity index is 1.93. The Morgan fingerprint density at radius 1 is 1.36 bits per heavy atom. The molecule has 2 rings (SSSR count). The summed E-state index contributed by atoms with van der Waals surface area (Å²) in [6, 6.07) is 0.273. The Labute approximate surface area is 139 Å². The number of thioether (sulfide) groups is 1. The van der Waals surface area contributed by atoms with Crippen molar-refractivity contribution in [3.63, 3.8) is 0 Å². The van der Waals surface area contributed by atoms with Gasteiger partial charge in [0.25, 0.3) is 0 Å². The first-order valence-electron chi connectivity index (χ1n) is 7.46. The first-order chi connectivity index (χ1) is 10.4. The average molecular weight is 342 g/mol. The van der Waals surface area contributed by atoms with Crippen LogP contribution in [0.4, 0.5) is 5.13 Å². The van der Waals surface area contributed by atoms with Crippen molar-refractivity contribution in [1.82, 2.24) is 15.5 Å². The van der Waals surface area contributed by atoms with Gasteiger partial charge in [-0.1, -0.05) is 36.9 Å². The third kappa shape index (κ3) is 4.67. The molecule has 8 heteroatoms. The number of nitrogens with one attached hydrogen (secondary N) is 1. The number of amides is 2. The molecule has 1 aliphatic rings. The van der Waals surface area contributed by atoms with Gasteiger partial charge in [-0.05, 0) is 25.7 Å². The molecule has 1 aromatic heterocycles. The second-order valence-electron chi connectivity index (χ2n) is 5.87. The smallest absolute Gasteiger partial charge is 0.233 e. The van der Waals surface area contributed by atoms with Gasteiger partial charge in [-0.15, -0.1) is 10.2 Å². The van der Waals surface area contributed by atoms with Gasteiger partial charge in [0, 0.05) is 19.5 Å². The van der Waals surface area contributed by atoms with E-state index in [2.05, 4.69) is 29.4 Å². The molecule has 0 bridgehead atoms. The Hall–Kier alpha value is -1.15. The summed E-state index contributed by atoms with van der Waals surface area (Å²) in [5, 5.41) is 11.5. The summed E-state index contributed by atoms with van der Waals surface area (Å²) in [6.07, 6.45) is 2.05. The number of anilines is 1.